The minimum Gasteiger partial charge on any atom is -0.394 e. The SMILES string of the molecule is Nc1cncnc1NC1CCC1. The summed E-state index contributed by atoms with van der Waals surface area (Å²) in [7, 11) is 0. The Morgan fingerprint density at radius 1 is 1.50 bits per heavy atom. The largest absolute Gasteiger partial charge is 0.394 e. The lowest BCUT2D eigenvalue weighted by Crippen LogP contribution is -2.27. The molecule has 0 spiro atoms. The first-order chi connectivity index (χ1) is 5.86. The van der Waals surface area contributed by atoms with E-state index in [9.17, 15) is 0 Å². The Morgan fingerprint density at radius 2 is 2.33 bits per heavy atom. The highest BCUT2D eigenvalue weighted by Gasteiger charge is 2.17. The first kappa shape index (κ1) is 7.34. The van der Waals surface area contributed by atoms with Gasteiger partial charge in [0.2, 0.25) is 0 Å². The van der Waals surface area contributed by atoms with Crippen LogP contribution in [0.2, 0.25) is 0 Å². The minimum atomic E-state index is 0.571. The summed E-state index contributed by atoms with van der Waals surface area (Å²) in [5.41, 5.74) is 6.29. The summed E-state index contributed by atoms with van der Waals surface area (Å²) in [6.45, 7) is 0. The van der Waals surface area contributed by atoms with Crippen molar-refractivity contribution in [1.29, 1.82) is 0 Å². The molecule has 1 heterocycles. The summed E-state index contributed by atoms with van der Waals surface area (Å²) in [6.07, 6.45) is 6.89. The highest BCUT2D eigenvalue weighted by atomic mass is 15.1. The number of nitrogen functional groups attached to an aromatic ring is 1. The number of rotatable bonds is 2. The van der Waals surface area contributed by atoms with Gasteiger partial charge in [0.15, 0.2) is 5.82 Å². The van der Waals surface area contributed by atoms with E-state index in [-0.39, 0.29) is 0 Å². The highest BCUT2D eigenvalue weighted by Crippen LogP contribution is 2.24. The Bertz CT molecular complexity index is 270. The van der Waals surface area contributed by atoms with Crippen LogP contribution in [0, 0.1) is 0 Å². The second kappa shape index (κ2) is 2.97. The van der Waals surface area contributed by atoms with Crippen LogP contribution in [0.15, 0.2) is 12.5 Å². The average molecular weight is 164 g/mol. The van der Waals surface area contributed by atoms with Crippen LogP contribution >= 0.6 is 0 Å². The molecule has 4 heteroatoms. The third-order valence-corrected chi connectivity index (χ3v) is 2.19. The maximum atomic E-state index is 5.66. The monoisotopic (exact) mass is 164 g/mol. The van der Waals surface area contributed by atoms with Gasteiger partial charge in [0.1, 0.15) is 6.33 Å². The predicted molar refractivity (Wildman–Crippen MR) is 47.7 cm³/mol. The van der Waals surface area contributed by atoms with E-state index in [1.807, 2.05) is 0 Å². The molecule has 4 nitrogen and oxygen atoms in total. The Morgan fingerprint density at radius 3 is 2.92 bits per heavy atom. The minimum absolute atomic E-state index is 0.571. The van der Waals surface area contributed by atoms with E-state index >= 15 is 0 Å². The van der Waals surface area contributed by atoms with Gasteiger partial charge in [-0.05, 0) is 19.3 Å². The number of anilines is 2. The van der Waals surface area contributed by atoms with Crippen molar-refractivity contribution in [3.8, 4) is 0 Å². The van der Waals surface area contributed by atoms with Gasteiger partial charge >= 0.3 is 0 Å². The molecule has 1 aliphatic carbocycles. The van der Waals surface area contributed by atoms with Crippen LogP contribution in [0.1, 0.15) is 19.3 Å². The molecule has 0 bridgehead atoms. The number of hydrogen-bond acceptors (Lipinski definition) is 4. The molecule has 0 unspecified atom stereocenters. The number of aromatic nitrogens is 2. The van der Waals surface area contributed by atoms with Crippen molar-refractivity contribution in [3.63, 3.8) is 0 Å². The topological polar surface area (TPSA) is 63.8 Å². The van der Waals surface area contributed by atoms with E-state index in [0.717, 1.165) is 5.82 Å². The molecule has 12 heavy (non-hydrogen) atoms. The normalized spacial score (nSPS) is 17.0. The quantitative estimate of drug-likeness (QED) is 0.685. The van der Waals surface area contributed by atoms with E-state index in [1.54, 1.807) is 6.20 Å². The fourth-order valence-corrected chi connectivity index (χ4v) is 1.21. The van der Waals surface area contributed by atoms with Crippen LogP contribution in [0.25, 0.3) is 0 Å². The number of nitrogens with one attached hydrogen (secondary N) is 1. The summed E-state index contributed by atoms with van der Waals surface area (Å²) in [5, 5.41) is 3.27. The van der Waals surface area contributed by atoms with Gasteiger partial charge < -0.3 is 11.1 Å². The highest BCUT2D eigenvalue weighted by molar-refractivity contribution is 5.59. The molecule has 0 saturated heterocycles. The van der Waals surface area contributed by atoms with E-state index in [1.165, 1.54) is 25.6 Å². The molecule has 1 aromatic rings. The van der Waals surface area contributed by atoms with Crippen molar-refractivity contribution in [3.05, 3.63) is 12.5 Å². The zero-order valence-corrected chi connectivity index (χ0v) is 6.83. The van der Waals surface area contributed by atoms with Crippen LogP contribution in [-0.2, 0) is 0 Å². The van der Waals surface area contributed by atoms with E-state index in [0.29, 0.717) is 11.7 Å². The van der Waals surface area contributed by atoms with E-state index in [2.05, 4.69) is 15.3 Å². The summed E-state index contributed by atoms with van der Waals surface area (Å²) in [6, 6.07) is 0.571. The molecule has 0 amide bonds. The molecule has 1 aliphatic rings. The Labute approximate surface area is 71.2 Å². The van der Waals surface area contributed by atoms with E-state index < -0.39 is 0 Å². The van der Waals surface area contributed by atoms with Gasteiger partial charge in [0, 0.05) is 6.04 Å². The fourth-order valence-electron chi connectivity index (χ4n) is 1.21. The molecule has 64 valence electrons. The van der Waals surface area contributed by atoms with E-state index in [4.69, 9.17) is 5.73 Å². The average Bonchev–Trinajstić information content (AvgIpc) is 2.00. The van der Waals surface area contributed by atoms with Gasteiger partial charge in [-0.2, -0.15) is 0 Å². The molecule has 0 aromatic carbocycles. The number of nitrogens with zero attached hydrogens (tertiary/aromatic N) is 2. The number of hydrogen-bond donors (Lipinski definition) is 2. The Hall–Kier alpha value is -1.32. The lowest BCUT2D eigenvalue weighted by molar-refractivity contribution is 0.444. The van der Waals surface area contributed by atoms with Gasteiger partial charge in [-0.25, -0.2) is 9.97 Å². The molecular weight excluding hydrogens is 152 g/mol. The molecule has 2 rings (SSSR count). The summed E-state index contributed by atoms with van der Waals surface area (Å²) < 4.78 is 0. The maximum absolute atomic E-state index is 5.66. The second-order valence-corrected chi connectivity index (χ2v) is 3.10. The molecule has 0 aliphatic heterocycles. The van der Waals surface area contributed by atoms with Gasteiger partial charge in [-0.3, -0.25) is 0 Å². The Kier molecular flexibility index (Phi) is 1.81. The molecular formula is C8H12N4. The third kappa shape index (κ3) is 1.32. The van der Waals surface area contributed by atoms with Crippen molar-refractivity contribution < 1.29 is 0 Å². The standard InChI is InChI=1S/C8H12N4/c9-7-4-10-5-11-8(7)12-6-2-1-3-6/h4-6H,1-3,9H2,(H,10,11,12). The molecule has 0 atom stereocenters. The number of nitrogens with two attached hydrogens (primary N) is 1. The summed E-state index contributed by atoms with van der Waals surface area (Å²) in [5.74, 6) is 0.773. The van der Waals surface area contributed by atoms with Crippen molar-refractivity contribution in [2.24, 2.45) is 0 Å². The third-order valence-electron chi connectivity index (χ3n) is 2.19. The van der Waals surface area contributed by atoms with Crippen LogP contribution < -0.4 is 11.1 Å². The van der Waals surface area contributed by atoms with Crippen LogP contribution in [0.4, 0.5) is 11.5 Å². The van der Waals surface area contributed by atoms with Crippen molar-refractivity contribution in [2.75, 3.05) is 11.1 Å². The van der Waals surface area contributed by atoms with Crippen LogP contribution in [-0.4, -0.2) is 16.0 Å². The van der Waals surface area contributed by atoms with Crippen molar-refractivity contribution >= 4 is 11.5 Å². The molecule has 0 radical (unpaired) electrons. The molecule has 1 fully saturated rings. The zero-order chi connectivity index (χ0) is 8.39. The zero-order valence-electron chi connectivity index (χ0n) is 6.83. The molecule has 1 aromatic heterocycles. The molecule has 3 N–H and O–H groups in total. The first-order valence-electron chi connectivity index (χ1n) is 4.18. The summed E-state index contributed by atoms with van der Waals surface area (Å²) >= 11 is 0. The first-order valence-corrected chi connectivity index (χ1v) is 4.18. The lowest BCUT2D eigenvalue weighted by atomic mass is 9.93. The Balaban J connectivity index is 2.06. The summed E-state index contributed by atoms with van der Waals surface area (Å²) in [4.78, 5) is 7.87. The van der Waals surface area contributed by atoms with Gasteiger partial charge in [0.05, 0.1) is 11.9 Å². The van der Waals surface area contributed by atoms with Gasteiger partial charge in [0.25, 0.3) is 0 Å². The van der Waals surface area contributed by atoms with Gasteiger partial charge in [-0.1, -0.05) is 0 Å². The van der Waals surface area contributed by atoms with Crippen LogP contribution in [0.5, 0.6) is 0 Å². The van der Waals surface area contributed by atoms with Crippen molar-refractivity contribution in [2.45, 2.75) is 25.3 Å². The maximum Gasteiger partial charge on any atom is 0.152 e. The predicted octanol–water partition coefficient (Wildman–Crippen LogP) is 1.02. The van der Waals surface area contributed by atoms with Crippen LogP contribution in [0.3, 0.4) is 0 Å². The van der Waals surface area contributed by atoms with Gasteiger partial charge in [-0.15, -0.1) is 0 Å². The van der Waals surface area contributed by atoms with Crippen molar-refractivity contribution in [1.82, 2.24) is 9.97 Å². The fraction of sp³-hybridized carbons (Fsp3) is 0.500. The second-order valence-electron chi connectivity index (χ2n) is 3.10. The molecule has 1 saturated carbocycles. The smallest absolute Gasteiger partial charge is 0.152 e. The lowest BCUT2D eigenvalue weighted by Gasteiger charge is -2.27.